The summed E-state index contributed by atoms with van der Waals surface area (Å²) in [4.78, 5) is 0. The summed E-state index contributed by atoms with van der Waals surface area (Å²) < 4.78 is 26.7. The van der Waals surface area contributed by atoms with Gasteiger partial charge >= 0.3 is 0 Å². The minimum absolute atomic E-state index is 0. The average Bonchev–Trinajstić information content (AvgIpc) is 2.28. The molecule has 0 atom stereocenters. The molecule has 0 saturated heterocycles. The minimum Gasteiger partial charge on any atom is -0.326 e. The molecule has 2 rings (SSSR count). The zero-order valence-corrected chi connectivity index (χ0v) is 9.81. The van der Waals surface area contributed by atoms with E-state index in [1.807, 2.05) is 0 Å². The van der Waals surface area contributed by atoms with Crippen molar-refractivity contribution in [1.29, 1.82) is 0 Å². The highest BCUT2D eigenvalue weighted by atomic mass is 35.5. The van der Waals surface area contributed by atoms with Gasteiger partial charge in [0.25, 0.3) is 0 Å². The fourth-order valence-electron chi connectivity index (χ4n) is 1.62. The molecule has 0 spiro atoms. The number of nitrogens with two attached hydrogens (primary N) is 1. The van der Waals surface area contributed by atoms with Crippen molar-refractivity contribution in [3.05, 3.63) is 59.7 Å². The van der Waals surface area contributed by atoms with Crippen LogP contribution in [0.5, 0.6) is 0 Å². The topological polar surface area (TPSA) is 26.0 Å². The minimum atomic E-state index is -0.402. The van der Waals surface area contributed by atoms with Crippen molar-refractivity contribution in [1.82, 2.24) is 0 Å². The van der Waals surface area contributed by atoms with Crippen molar-refractivity contribution in [2.24, 2.45) is 5.73 Å². The fourth-order valence-corrected chi connectivity index (χ4v) is 1.62. The van der Waals surface area contributed by atoms with Gasteiger partial charge in [-0.3, -0.25) is 0 Å². The first-order chi connectivity index (χ1) is 7.70. The van der Waals surface area contributed by atoms with Gasteiger partial charge in [0.1, 0.15) is 11.6 Å². The number of halogens is 3. The molecule has 0 aliphatic heterocycles. The van der Waals surface area contributed by atoms with Crippen LogP contribution < -0.4 is 5.73 Å². The summed E-state index contributed by atoms with van der Waals surface area (Å²) in [7, 11) is 0. The van der Waals surface area contributed by atoms with Gasteiger partial charge in [0.05, 0.1) is 0 Å². The van der Waals surface area contributed by atoms with Crippen LogP contribution in [-0.2, 0) is 6.54 Å². The predicted octanol–water partition coefficient (Wildman–Crippen LogP) is 3.51. The maximum atomic E-state index is 13.5. The van der Waals surface area contributed by atoms with Crippen molar-refractivity contribution in [3.8, 4) is 11.1 Å². The van der Waals surface area contributed by atoms with Gasteiger partial charge in [-0.15, -0.1) is 12.4 Å². The van der Waals surface area contributed by atoms with Gasteiger partial charge in [-0.05, 0) is 35.4 Å². The Balaban J connectivity index is 0.00000144. The van der Waals surface area contributed by atoms with Crippen LogP contribution in [-0.4, -0.2) is 0 Å². The summed E-state index contributed by atoms with van der Waals surface area (Å²) >= 11 is 0. The van der Waals surface area contributed by atoms with E-state index < -0.39 is 5.82 Å². The fraction of sp³-hybridized carbons (Fsp3) is 0.0769. The highest BCUT2D eigenvalue weighted by molar-refractivity contribution is 5.85. The lowest BCUT2D eigenvalue weighted by Gasteiger charge is -2.06. The Bertz CT molecular complexity index is 515. The smallest absolute Gasteiger partial charge is 0.131 e. The third-order valence-corrected chi connectivity index (χ3v) is 2.38. The van der Waals surface area contributed by atoms with Crippen LogP contribution in [0.25, 0.3) is 11.1 Å². The molecule has 0 fully saturated rings. The first-order valence-electron chi connectivity index (χ1n) is 4.95. The predicted molar refractivity (Wildman–Crippen MR) is 66.9 cm³/mol. The molecule has 2 aromatic rings. The number of hydrogen-bond acceptors (Lipinski definition) is 1. The van der Waals surface area contributed by atoms with Crippen LogP contribution in [0.3, 0.4) is 0 Å². The molecule has 0 heterocycles. The Morgan fingerprint density at radius 2 is 1.71 bits per heavy atom. The quantitative estimate of drug-likeness (QED) is 0.873. The Labute approximate surface area is 105 Å². The summed E-state index contributed by atoms with van der Waals surface area (Å²) in [6.07, 6.45) is 0. The molecular weight excluding hydrogens is 244 g/mol. The largest absolute Gasteiger partial charge is 0.326 e. The van der Waals surface area contributed by atoms with E-state index in [0.29, 0.717) is 16.7 Å². The zero-order valence-electron chi connectivity index (χ0n) is 8.99. The van der Waals surface area contributed by atoms with Crippen LogP contribution in [0.4, 0.5) is 8.78 Å². The molecule has 2 aromatic carbocycles. The molecule has 0 aliphatic rings. The molecule has 0 bridgehead atoms. The Morgan fingerprint density at radius 1 is 1.00 bits per heavy atom. The van der Waals surface area contributed by atoms with Gasteiger partial charge in [0.2, 0.25) is 0 Å². The summed E-state index contributed by atoms with van der Waals surface area (Å²) in [5, 5.41) is 0. The molecule has 0 radical (unpaired) electrons. The van der Waals surface area contributed by atoms with E-state index in [1.165, 1.54) is 18.2 Å². The molecule has 0 aromatic heterocycles. The van der Waals surface area contributed by atoms with E-state index in [9.17, 15) is 8.78 Å². The van der Waals surface area contributed by atoms with Gasteiger partial charge in [-0.1, -0.05) is 18.2 Å². The van der Waals surface area contributed by atoms with E-state index in [4.69, 9.17) is 5.73 Å². The standard InChI is InChI=1S/C13H11F2N.ClH/c14-11-6-9(8-16)5-10(7-11)12-3-1-2-4-13(12)15;/h1-7H,8,16H2;1H. The van der Waals surface area contributed by atoms with Gasteiger partial charge < -0.3 is 5.73 Å². The maximum Gasteiger partial charge on any atom is 0.131 e. The maximum absolute atomic E-state index is 13.5. The highest BCUT2D eigenvalue weighted by Gasteiger charge is 2.06. The summed E-state index contributed by atoms with van der Waals surface area (Å²) in [5.74, 6) is -0.766. The molecular formula is C13H12ClF2N. The van der Waals surface area contributed by atoms with E-state index in [2.05, 4.69) is 0 Å². The molecule has 1 nitrogen and oxygen atoms in total. The number of hydrogen-bond donors (Lipinski definition) is 1. The molecule has 90 valence electrons. The third kappa shape index (κ3) is 3.02. The van der Waals surface area contributed by atoms with Crippen molar-refractivity contribution >= 4 is 12.4 Å². The van der Waals surface area contributed by atoms with E-state index in [1.54, 1.807) is 24.3 Å². The zero-order chi connectivity index (χ0) is 11.5. The van der Waals surface area contributed by atoms with Crippen molar-refractivity contribution < 1.29 is 8.78 Å². The third-order valence-electron chi connectivity index (χ3n) is 2.38. The first-order valence-corrected chi connectivity index (χ1v) is 4.95. The lowest BCUT2D eigenvalue weighted by atomic mass is 10.0. The van der Waals surface area contributed by atoms with Gasteiger partial charge in [0.15, 0.2) is 0 Å². The monoisotopic (exact) mass is 255 g/mol. The van der Waals surface area contributed by atoms with Crippen LogP contribution in [0, 0.1) is 11.6 Å². The van der Waals surface area contributed by atoms with Gasteiger partial charge in [-0.25, -0.2) is 8.78 Å². The first kappa shape index (κ1) is 13.6. The van der Waals surface area contributed by atoms with E-state index in [0.717, 1.165) is 0 Å². The van der Waals surface area contributed by atoms with E-state index in [-0.39, 0.29) is 24.8 Å². The molecule has 0 saturated carbocycles. The molecule has 2 N–H and O–H groups in total. The summed E-state index contributed by atoms with van der Waals surface area (Å²) in [6, 6.07) is 10.6. The van der Waals surface area contributed by atoms with Crippen LogP contribution in [0.2, 0.25) is 0 Å². The van der Waals surface area contributed by atoms with Crippen molar-refractivity contribution in [2.75, 3.05) is 0 Å². The normalized spacial score (nSPS) is 9.82. The lowest BCUT2D eigenvalue weighted by molar-refractivity contribution is 0.623. The van der Waals surface area contributed by atoms with Gasteiger partial charge in [0, 0.05) is 12.1 Å². The molecule has 4 heteroatoms. The second kappa shape index (κ2) is 5.75. The number of benzene rings is 2. The second-order valence-electron chi connectivity index (χ2n) is 3.53. The van der Waals surface area contributed by atoms with Crippen molar-refractivity contribution in [3.63, 3.8) is 0 Å². The van der Waals surface area contributed by atoms with Crippen molar-refractivity contribution in [2.45, 2.75) is 6.54 Å². The molecule has 0 amide bonds. The second-order valence-corrected chi connectivity index (χ2v) is 3.53. The van der Waals surface area contributed by atoms with E-state index >= 15 is 0 Å². The average molecular weight is 256 g/mol. The van der Waals surface area contributed by atoms with Gasteiger partial charge in [-0.2, -0.15) is 0 Å². The molecule has 0 unspecified atom stereocenters. The lowest BCUT2D eigenvalue weighted by Crippen LogP contribution is -1.97. The SMILES string of the molecule is Cl.NCc1cc(F)cc(-c2ccccc2F)c1. The molecule has 0 aliphatic carbocycles. The van der Waals surface area contributed by atoms with Crippen LogP contribution in [0.1, 0.15) is 5.56 Å². The Hall–Kier alpha value is -1.45. The number of rotatable bonds is 2. The van der Waals surface area contributed by atoms with Crippen LogP contribution >= 0.6 is 12.4 Å². The highest BCUT2D eigenvalue weighted by Crippen LogP contribution is 2.24. The Morgan fingerprint density at radius 3 is 2.35 bits per heavy atom. The van der Waals surface area contributed by atoms with Crippen LogP contribution in [0.15, 0.2) is 42.5 Å². The molecule has 17 heavy (non-hydrogen) atoms. The summed E-state index contributed by atoms with van der Waals surface area (Å²) in [5.41, 5.74) is 6.99. The Kier molecular flexibility index (Phi) is 4.61. The summed E-state index contributed by atoms with van der Waals surface area (Å²) in [6.45, 7) is 0.235.